The van der Waals surface area contributed by atoms with Gasteiger partial charge in [-0.15, -0.1) is 0 Å². The number of carbonyl (C=O) groups is 3. The maximum atomic E-state index is 13.2. The average molecular weight is 453 g/mol. The monoisotopic (exact) mass is 452 g/mol. The molecule has 3 aromatic rings. The van der Waals surface area contributed by atoms with Gasteiger partial charge in [-0.1, -0.05) is 36.7 Å². The number of fused-ring (bicyclic) bond motifs is 2. The van der Waals surface area contributed by atoms with Crippen LogP contribution < -0.4 is 10.2 Å². The fourth-order valence-electron chi connectivity index (χ4n) is 3.49. The van der Waals surface area contributed by atoms with Crippen molar-refractivity contribution in [1.29, 1.82) is 0 Å². The number of rotatable bonds is 7. The van der Waals surface area contributed by atoms with Gasteiger partial charge in [0.05, 0.1) is 0 Å². The average Bonchev–Trinajstić information content (AvgIpc) is 3.07. The van der Waals surface area contributed by atoms with Gasteiger partial charge in [-0.25, -0.2) is 9.97 Å². The zero-order valence-corrected chi connectivity index (χ0v) is 18.1. The Hall–Kier alpha value is -3.52. The Morgan fingerprint density at radius 3 is 2.72 bits per heavy atom. The summed E-state index contributed by atoms with van der Waals surface area (Å²) in [6, 6.07) is 13.9. The molecule has 1 N–H and O–H groups in total. The van der Waals surface area contributed by atoms with Crippen LogP contribution in [-0.2, 0) is 14.3 Å². The second-order valence-corrected chi connectivity index (χ2v) is 7.65. The van der Waals surface area contributed by atoms with Gasteiger partial charge in [0.15, 0.2) is 5.65 Å². The summed E-state index contributed by atoms with van der Waals surface area (Å²) in [5.74, 6) is -0.558. The standard InChI is InChI=1S/C23H21ClN4O4/c1-2-19(29)25-13-5-8-20(30)32-23-16-7-4-3-6-15(16)22(31)28(23)18-12-10-14-9-11-17(24)26-21(14)27-18/h3-4,6-7,9-12,23H,2,5,8,13H2,1H3,(H,25,29). The van der Waals surface area contributed by atoms with E-state index in [1.165, 1.54) is 4.90 Å². The summed E-state index contributed by atoms with van der Waals surface area (Å²) in [7, 11) is 0. The summed E-state index contributed by atoms with van der Waals surface area (Å²) in [5.41, 5.74) is 1.42. The Morgan fingerprint density at radius 1 is 1.12 bits per heavy atom. The number of benzene rings is 1. The quantitative estimate of drug-likeness (QED) is 0.332. The van der Waals surface area contributed by atoms with Gasteiger partial charge in [-0.05, 0) is 36.8 Å². The fraction of sp³-hybridized carbons (Fsp3) is 0.261. The lowest BCUT2D eigenvalue weighted by Crippen LogP contribution is -2.32. The SMILES string of the molecule is CCC(=O)NCCCC(=O)OC1c2ccccc2C(=O)N1c1ccc2ccc(Cl)nc2n1. The summed E-state index contributed by atoms with van der Waals surface area (Å²) < 4.78 is 5.71. The molecule has 1 aromatic carbocycles. The van der Waals surface area contributed by atoms with Gasteiger partial charge < -0.3 is 10.1 Å². The number of nitrogens with zero attached hydrogens (tertiary/aromatic N) is 3. The molecule has 32 heavy (non-hydrogen) atoms. The molecule has 1 atom stereocenters. The summed E-state index contributed by atoms with van der Waals surface area (Å²) in [6.45, 7) is 2.14. The van der Waals surface area contributed by atoms with E-state index >= 15 is 0 Å². The van der Waals surface area contributed by atoms with Crippen molar-refractivity contribution < 1.29 is 19.1 Å². The minimum Gasteiger partial charge on any atom is -0.437 e. The van der Waals surface area contributed by atoms with Crippen LogP contribution in [0, 0.1) is 0 Å². The van der Waals surface area contributed by atoms with E-state index in [9.17, 15) is 14.4 Å². The minimum absolute atomic E-state index is 0.0732. The third-order valence-electron chi connectivity index (χ3n) is 5.11. The molecule has 164 valence electrons. The summed E-state index contributed by atoms with van der Waals surface area (Å²) in [4.78, 5) is 47.1. The molecule has 8 nitrogen and oxygen atoms in total. The van der Waals surface area contributed by atoms with E-state index in [0.717, 1.165) is 5.39 Å². The number of esters is 1. The second kappa shape index (κ2) is 9.32. The number of nitrogens with one attached hydrogen (secondary N) is 1. The van der Waals surface area contributed by atoms with Crippen LogP contribution in [0.2, 0.25) is 5.15 Å². The molecular formula is C23H21ClN4O4. The lowest BCUT2D eigenvalue weighted by molar-refractivity contribution is -0.149. The van der Waals surface area contributed by atoms with Crippen LogP contribution in [-0.4, -0.2) is 34.3 Å². The minimum atomic E-state index is -0.944. The predicted molar refractivity (Wildman–Crippen MR) is 119 cm³/mol. The van der Waals surface area contributed by atoms with Crippen molar-refractivity contribution in [3.05, 3.63) is 64.8 Å². The van der Waals surface area contributed by atoms with Crippen molar-refractivity contribution in [2.45, 2.75) is 32.4 Å². The molecule has 0 fully saturated rings. The number of aromatic nitrogens is 2. The number of ether oxygens (including phenoxy) is 1. The van der Waals surface area contributed by atoms with Crippen molar-refractivity contribution in [1.82, 2.24) is 15.3 Å². The van der Waals surface area contributed by atoms with Gasteiger partial charge >= 0.3 is 5.97 Å². The lowest BCUT2D eigenvalue weighted by Gasteiger charge is -2.24. The van der Waals surface area contributed by atoms with Crippen molar-refractivity contribution in [2.24, 2.45) is 0 Å². The number of halogens is 1. The van der Waals surface area contributed by atoms with Gasteiger partial charge in [-0.3, -0.25) is 19.3 Å². The molecule has 1 aliphatic rings. The molecule has 0 saturated heterocycles. The van der Waals surface area contributed by atoms with Crippen LogP contribution in [0.1, 0.15) is 48.3 Å². The van der Waals surface area contributed by atoms with E-state index in [1.54, 1.807) is 55.5 Å². The van der Waals surface area contributed by atoms with Gasteiger partial charge in [0.1, 0.15) is 11.0 Å². The molecule has 0 radical (unpaired) electrons. The highest BCUT2D eigenvalue weighted by Gasteiger charge is 2.40. The first-order valence-corrected chi connectivity index (χ1v) is 10.7. The second-order valence-electron chi connectivity index (χ2n) is 7.26. The first-order chi connectivity index (χ1) is 15.5. The maximum absolute atomic E-state index is 13.2. The molecular weight excluding hydrogens is 432 g/mol. The molecule has 0 spiro atoms. The van der Waals surface area contributed by atoms with Crippen molar-refractivity contribution in [3.63, 3.8) is 0 Å². The largest absolute Gasteiger partial charge is 0.437 e. The summed E-state index contributed by atoms with van der Waals surface area (Å²) in [5, 5.41) is 3.78. The van der Waals surface area contributed by atoms with E-state index in [4.69, 9.17) is 16.3 Å². The normalized spacial score (nSPS) is 15.0. The molecule has 0 saturated carbocycles. The van der Waals surface area contributed by atoms with Gasteiger partial charge in [-0.2, -0.15) is 0 Å². The lowest BCUT2D eigenvalue weighted by atomic mass is 10.1. The molecule has 0 aliphatic carbocycles. The molecule has 4 rings (SSSR count). The van der Waals surface area contributed by atoms with Crippen LogP contribution in [0.4, 0.5) is 5.82 Å². The predicted octanol–water partition coefficient (Wildman–Crippen LogP) is 3.79. The first-order valence-electron chi connectivity index (χ1n) is 10.3. The number of carbonyl (C=O) groups excluding carboxylic acids is 3. The van der Waals surface area contributed by atoms with Crippen LogP contribution in [0.3, 0.4) is 0 Å². The van der Waals surface area contributed by atoms with E-state index in [0.29, 0.717) is 42.0 Å². The first kappa shape index (κ1) is 21.7. The zero-order valence-electron chi connectivity index (χ0n) is 17.4. The molecule has 1 aliphatic heterocycles. The van der Waals surface area contributed by atoms with Crippen LogP contribution in [0.5, 0.6) is 0 Å². The number of hydrogen-bond acceptors (Lipinski definition) is 6. The van der Waals surface area contributed by atoms with Gasteiger partial charge in [0.25, 0.3) is 5.91 Å². The molecule has 1 unspecified atom stereocenters. The van der Waals surface area contributed by atoms with Gasteiger partial charge in [0.2, 0.25) is 12.1 Å². The number of amides is 2. The highest BCUT2D eigenvalue weighted by molar-refractivity contribution is 6.29. The Kier molecular flexibility index (Phi) is 6.32. The number of hydrogen-bond donors (Lipinski definition) is 1. The van der Waals surface area contributed by atoms with Crippen LogP contribution in [0.15, 0.2) is 48.5 Å². The molecule has 0 bridgehead atoms. The van der Waals surface area contributed by atoms with E-state index in [-0.39, 0.29) is 23.4 Å². The Labute approximate surface area is 189 Å². The zero-order chi connectivity index (χ0) is 22.7. The molecule has 2 amide bonds. The Bertz CT molecular complexity index is 1200. The van der Waals surface area contributed by atoms with Gasteiger partial charge in [0, 0.05) is 35.9 Å². The third kappa shape index (κ3) is 4.40. The van der Waals surface area contributed by atoms with Crippen molar-refractivity contribution >= 4 is 46.2 Å². The van der Waals surface area contributed by atoms with E-state index in [1.807, 2.05) is 0 Å². The molecule has 2 aromatic heterocycles. The smallest absolute Gasteiger partial charge is 0.308 e. The number of anilines is 1. The maximum Gasteiger partial charge on any atom is 0.308 e. The molecule has 9 heteroatoms. The number of pyridine rings is 2. The van der Waals surface area contributed by atoms with Crippen molar-refractivity contribution in [2.75, 3.05) is 11.4 Å². The van der Waals surface area contributed by atoms with Crippen LogP contribution in [0.25, 0.3) is 11.0 Å². The topological polar surface area (TPSA) is 101 Å². The third-order valence-corrected chi connectivity index (χ3v) is 5.32. The highest BCUT2D eigenvalue weighted by Crippen LogP contribution is 2.38. The van der Waals surface area contributed by atoms with E-state index < -0.39 is 12.2 Å². The molecule has 3 heterocycles. The Morgan fingerprint density at radius 2 is 1.91 bits per heavy atom. The van der Waals surface area contributed by atoms with Crippen molar-refractivity contribution in [3.8, 4) is 0 Å². The highest BCUT2D eigenvalue weighted by atomic mass is 35.5. The van der Waals surface area contributed by atoms with E-state index in [2.05, 4.69) is 15.3 Å². The summed E-state index contributed by atoms with van der Waals surface area (Å²) >= 11 is 5.99. The fourth-order valence-corrected chi connectivity index (χ4v) is 3.63. The summed E-state index contributed by atoms with van der Waals surface area (Å²) in [6.07, 6.45) is -0.0176. The Balaban J connectivity index is 1.58. The van der Waals surface area contributed by atoms with Crippen LogP contribution >= 0.6 is 11.6 Å².